The van der Waals surface area contributed by atoms with Crippen LogP contribution in [0.25, 0.3) is 0 Å². The van der Waals surface area contributed by atoms with Crippen LogP contribution in [0.4, 0.5) is 13.2 Å². The van der Waals surface area contributed by atoms with Crippen LogP contribution in [0.5, 0.6) is 11.6 Å². The number of halogens is 3. The van der Waals surface area contributed by atoms with E-state index in [1.165, 1.54) is 0 Å². The molecule has 0 spiro atoms. The summed E-state index contributed by atoms with van der Waals surface area (Å²) in [4.78, 5) is 3.08. The molecule has 5 heteroatoms. The van der Waals surface area contributed by atoms with Crippen LogP contribution in [0, 0.1) is 17.6 Å². The number of aromatic nitrogens is 1. The van der Waals surface area contributed by atoms with E-state index < -0.39 is 23.5 Å². The SMILES string of the molecule is CCc1cccc(Oc2nc(F)c(F)cc2F)c1. The molecule has 0 unspecified atom stereocenters. The van der Waals surface area contributed by atoms with Crippen molar-refractivity contribution in [3.05, 3.63) is 53.5 Å². The summed E-state index contributed by atoms with van der Waals surface area (Å²) in [6.45, 7) is 1.95. The molecule has 0 aliphatic carbocycles. The van der Waals surface area contributed by atoms with E-state index in [-0.39, 0.29) is 0 Å². The minimum atomic E-state index is -1.39. The van der Waals surface area contributed by atoms with Crippen molar-refractivity contribution in [1.82, 2.24) is 4.98 Å². The smallest absolute Gasteiger partial charge is 0.258 e. The summed E-state index contributed by atoms with van der Waals surface area (Å²) in [5.41, 5.74) is 0.982. The predicted molar refractivity (Wildman–Crippen MR) is 60.0 cm³/mol. The zero-order valence-corrected chi connectivity index (χ0v) is 9.58. The van der Waals surface area contributed by atoms with Crippen LogP contribution < -0.4 is 4.74 Å². The molecule has 0 radical (unpaired) electrons. The first-order valence-corrected chi connectivity index (χ1v) is 5.38. The molecule has 0 saturated heterocycles. The van der Waals surface area contributed by atoms with Crippen LogP contribution in [0.15, 0.2) is 30.3 Å². The van der Waals surface area contributed by atoms with Crippen molar-refractivity contribution < 1.29 is 17.9 Å². The summed E-state index contributed by atoms with van der Waals surface area (Å²) in [5.74, 6) is -4.04. The highest BCUT2D eigenvalue weighted by Gasteiger charge is 2.13. The molecular formula is C13H10F3NO. The van der Waals surface area contributed by atoms with E-state index in [0.717, 1.165) is 12.0 Å². The van der Waals surface area contributed by atoms with Gasteiger partial charge in [-0.25, -0.2) is 8.78 Å². The van der Waals surface area contributed by atoms with E-state index in [2.05, 4.69) is 4.98 Å². The van der Waals surface area contributed by atoms with Crippen molar-refractivity contribution >= 4 is 0 Å². The van der Waals surface area contributed by atoms with Gasteiger partial charge >= 0.3 is 0 Å². The fraction of sp³-hybridized carbons (Fsp3) is 0.154. The van der Waals surface area contributed by atoms with E-state index in [4.69, 9.17) is 4.74 Å². The van der Waals surface area contributed by atoms with Crippen LogP contribution in [0.1, 0.15) is 12.5 Å². The second-order valence-corrected chi connectivity index (χ2v) is 3.65. The maximum Gasteiger partial charge on any atom is 0.258 e. The minimum Gasteiger partial charge on any atom is -0.436 e. The van der Waals surface area contributed by atoms with Gasteiger partial charge in [0.15, 0.2) is 11.6 Å². The van der Waals surface area contributed by atoms with Crippen molar-refractivity contribution in [2.75, 3.05) is 0 Å². The van der Waals surface area contributed by atoms with Gasteiger partial charge in [0.05, 0.1) is 0 Å². The third-order valence-electron chi connectivity index (χ3n) is 2.38. The third kappa shape index (κ3) is 2.61. The molecule has 94 valence electrons. The molecule has 1 aromatic heterocycles. The molecule has 0 aliphatic rings. The molecule has 0 saturated carbocycles. The summed E-state index contributed by atoms with van der Waals surface area (Å²) in [6.07, 6.45) is 0.783. The number of nitrogens with zero attached hydrogens (tertiary/aromatic N) is 1. The van der Waals surface area contributed by atoms with E-state index in [0.29, 0.717) is 11.8 Å². The molecule has 1 aromatic carbocycles. The third-order valence-corrected chi connectivity index (χ3v) is 2.38. The molecule has 0 N–H and O–H groups in total. The van der Waals surface area contributed by atoms with Crippen LogP contribution >= 0.6 is 0 Å². The van der Waals surface area contributed by atoms with Gasteiger partial charge in [0.1, 0.15) is 5.75 Å². The van der Waals surface area contributed by atoms with Gasteiger partial charge in [0.2, 0.25) is 0 Å². The highest BCUT2D eigenvalue weighted by Crippen LogP contribution is 2.24. The van der Waals surface area contributed by atoms with Gasteiger partial charge in [-0.15, -0.1) is 0 Å². The average molecular weight is 253 g/mol. The molecule has 2 nitrogen and oxygen atoms in total. The summed E-state index contributed by atoms with van der Waals surface area (Å²) in [7, 11) is 0. The molecule has 2 aromatic rings. The van der Waals surface area contributed by atoms with Crippen LogP contribution in [0.3, 0.4) is 0 Å². The van der Waals surface area contributed by atoms with Gasteiger partial charge in [-0.3, -0.25) is 0 Å². The largest absolute Gasteiger partial charge is 0.436 e. The Kier molecular flexibility index (Phi) is 3.50. The normalized spacial score (nSPS) is 10.4. The van der Waals surface area contributed by atoms with Gasteiger partial charge in [0.25, 0.3) is 11.8 Å². The molecule has 0 bridgehead atoms. The monoisotopic (exact) mass is 253 g/mol. The molecule has 0 amide bonds. The van der Waals surface area contributed by atoms with Gasteiger partial charge in [0, 0.05) is 6.07 Å². The number of ether oxygens (including phenoxy) is 1. The average Bonchev–Trinajstić information content (AvgIpc) is 2.36. The maximum absolute atomic E-state index is 13.3. The number of rotatable bonds is 3. The molecule has 0 atom stereocenters. The van der Waals surface area contributed by atoms with E-state index in [1.54, 1.807) is 18.2 Å². The van der Waals surface area contributed by atoms with Crippen LogP contribution in [0.2, 0.25) is 0 Å². The number of hydrogen-bond acceptors (Lipinski definition) is 2. The minimum absolute atomic E-state index is 0.326. The fourth-order valence-corrected chi connectivity index (χ4v) is 1.44. The van der Waals surface area contributed by atoms with E-state index in [1.807, 2.05) is 13.0 Å². The van der Waals surface area contributed by atoms with Crippen molar-refractivity contribution in [2.24, 2.45) is 0 Å². The van der Waals surface area contributed by atoms with E-state index >= 15 is 0 Å². The first kappa shape index (κ1) is 12.4. The molecule has 0 aliphatic heterocycles. The number of aryl methyl sites for hydroxylation is 1. The Morgan fingerprint density at radius 2 is 1.89 bits per heavy atom. The highest BCUT2D eigenvalue weighted by atomic mass is 19.2. The predicted octanol–water partition coefficient (Wildman–Crippen LogP) is 3.85. The van der Waals surface area contributed by atoms with Crippen LogP contribution in [-0.2, 0) is 6.42 Å². The van der Waals surface area contributed by atoms with Gasteiger partial charge in [-0.2, -0.15) is 9.37 Å². The van der Waals surface area contributed by atoms with Crippen LogP contribution in [-0.4, -0.2) is 4.98 Å². The summed E-state index contributed by atoms with van der Waals surface area (Å²) < 4.78 is 44.0. The fourth-order valence-electron chi connectivity index (χ4n) is 1.44. The Morgan fingerprint density at radius 3 is 2.61 bits per heavy atom. The highest BCUT2D eigenvalue weighted by molar-refractivity contribution is 5.32. The topological polar surface area (TPSA) is 22.1 Å². The van der Waals surface area contributed by atoms with Gasteiger partial charge in [-0.05, 0) is 24.1 Å². The van der Waals surface area contributed by atoms with Gasteiger partial charge in [-0.1, -0.05) is 19.1 Å². The first-order chi connectivity index (χ1) is 8.60. The lowest BCUT2D eigenvalue weighted by molar-refractivity contribution is 0.387. The van der Waals surface area contributed by atoms with Crippen molar-refractivity contribution in [1.29, 1.82) is 0 Å². The Hall–Kier alpha value is -2.04. The Balaban J connectivity index is 2.30. The molecule has 1 heterocycles. The Labute approximate surface area is 102 Å². The molecule has 18 heavy (non-hydrogen) atoms. The van der Waals surface area contributed by atoms with Crippen molar-refractivity contribution in [3.8, 4) is 11.6 Å². The molecule has 2 rings (SSSR count). The van der Waals surface area contributed by atoms with Crippen molar-refractivity contribution in [2.45, 2.75) is 13.3 Å². The second-order valence-electron chi connectivity index (χ2n) is 3.65. The molecular weight excluding hydrogens is 243 g/mol. The molecule has 0 fully saturated rings. The van der Waals surface area contributed by atoms with Gasteiger partial charge < -0.3 is 4.74 Å². The number of hydrogen-bond donors (Lipinski definition) is 0. The standard InChI is InChI=1S/C13H10F3NO/c1-2-8-4-3-5-9(6-8)18-13-11(15)7-10(14)12(16)17-13/h3-7H,2H2,1H3. The quantitative estimate of drug-likeness (QED) is 0.775. The van der Waals surface area contributed by atoms with E-state index in [9.17, 15) is 13.2 Å². The number of pyridine rings is 1. The maximum atomic E-state index is 13.3. The summed E-state index contributed by atoms with van der Waals surface area (Å²) in [5, 5.41) is 0. The lowest BCUT2D eigenvalue weighted by Gasteiger charge is -2.07. The first-order valence-electron chi connectivity index (χ1n) is 5.38. The number of benzene rings is 1. The summed E-state index contributed by atoms with van der Waals surface area (Å²) in [6, 6.07) is 7.28. The second kappa shape index (κ2) is 5.08. The zero-order valence-electron chi connectivity index (χ0n) is 9.58. The lowest BCUT2D eigenvalue weighted by atomic mass is 10.2. The summed E-state index contributed by atoms with van der Waals surface area (Å²) >= 11 is 0. The lowest BCUT2D eigenvalue weighted by Crippen LogP contribution is -1.98. The zero-order chi connectivity index (χ0) is 13.1. The Morgan fingerprint density at radius 1 is 1.11 bits per heavy atom. The van der Waals surface area contributed by atoms with Crippen molar-refractivity contribution in [3.63, 3.8) is 0 Å². The Bertz CT molecular complexity index is 572.